The number of hydrogen-bond donors (Lipinski definition) is 3. The number of nitrogens with one attached hydrogen (secondary N) is 2. The summed E-state index contributed by atoms with van der Waals surface area (Å²) in [6.07, 6.45) is 0.426. The zero-order valence-corrected chi connectivity index (χ0v) is 9.63. The first kappa shape index (κ1) is 12.6. The first-order valence-corrected chi connectivity index (χ1v) is 5.63. The van der Waals surface area contributed by atoms with Gasteiger partial charge in [0.2, 0.25) is 0 Å². The lowest BCUT2D eigenvalue weighted by atomic mass is 10.4. The summed E-state index contributed by atoms with van der Waals surface area (Å²) in [4.78, 5) is 26.5. The van der Waals surface area contributed by atoms with Crippen LogP contribution >= 0.6 is 11.3 Å². The molecule has 0 atom stereocenters. The molecule has 2 amide bonds. The van der Waals surface area contributed by atoms with Crippen LogP contribution in [0.3, 0.4) is 0 Å². The lowest BCUT2D eigenvalue weighted by molar-refractivity contribution is -0.136. The average Bonchev–Trinajstić information content (AvgIpc) is 2.64. The summed E-state index contributed by atoms with van der Waals surface area (Å²) in [5.41, 5.74) is 0.793. The molecule has 0 aliphatic carbocycles. The van der Waals surface area contributed by atoms with E-state index in [0.717, 1.165) is 5.69 Å². The van der Waals surface area contributed by atoms with Gasteiger partial charge in [0.25, 0.3) is 0 Å². The van der Waals surface area contributed by atoms with Crippen LogP contribution in [0.5, 0.6) is 0 Å². The minimum absolute atomic E-state index is 0.0203. The maximum absolute atomic E-state index is 11.3. The Labute approximate surface area is 96.7 Å². The van der Waals surface area contributed by atoms with E-state index in [-0.39, 0.29) is 13.2 Å². The van der Waals surface area contributed by atoms with E-state index >= 15 is 0 Å². The Balaban J connectivity index is 2.37. The van der Waals surface area contributed by atoms with Crippen LogP contribution in [-0.2, 0) is 9.59 Å². The van der Waals surface area contributed by atoms with Crippen LogP contribution in [0.1, 0.15) is 12.1 Å². The summed E-state index contributed by atoms with van der Waals surface area (Å²) in [6.45, 7) is 2.06. The first-order valence-electron chi connectivity index (χ1n) is 4.75. The van der Waals surface area contributed by atoms with Gasteiger partial charge < -0.3 is 10.4 Å². The number of carbonyl (C=O) groups is 2. The molecule has 88 valence electrons. The van der Waals surface area contributed by atoms with E-state index in [2.05, 4.69) is 15.6 Å². The molecule has 1 rings (SSSR count). The molecule has 0 aliphatic heterocycles. The summed E-state index contributed by atoms with van der Waals surface area (Å²) in [6, 6.07) is 0. The number of thiazole rings is 1. The molecule has 0 fully saturated rings. The fraction of sp³-hybridized carbons (Fsp3) is 0.444. The highest BCUT2D eigenvalue weighted by Gasteiger charge is 2.14. The van der Waals surface area contributed by atoms with Crippen LogP contribution in [-0.4, -0.2) is 35.1 Å². The van der Waals surface area contributed by atoms with Gasteiger partial charge >= 0.3 is 11.8 Å². The van der Waals surface area contributed by atoms with Gasteiger partial charge in [0.15, 0.2) is 5.13 Å². The van der Waals surface area contributed by atoms with E-state index in [1.807, 2.05) is 0 Å². The average molecular weight is 243 g/mol. The van der Waals surface area contributed by atoms with E-state index < -0.39 is 11.8 Å². The van der Waals surface area contributed by atoms with Gasteiger partial charge in [0.05, 0.1) is 5.69 Å². The van der Waals surface area contributed by atoms with Crippen molar-refractivity contribution >= 4 is 28.3 Å². The molecule has 0 saturated heterocycles. The van der Waals surface area contributed by atoms with Crippen molar-refractivity contribution in [3.63, 3.8) is 0 Å². The van der Waals surface area contributed by atoms with Crippen LogP contribution in [0.25, 0.3) is 0 Å². The van der Waals surface area contributed by atoms with E-state index in [1.165, 1.54) is 11.3 Å². The third-order valence-corrected chi connectivity index (χ3v) is 2.54. The van der Waals surface area contributed by atoms with Gasteiger partial charge in [-0.25, -0.2) is 4.98 Å². The monoisotopic (exact) mass is 243 g/mol. The zero-order chi connectivity index (χ0) is 12.0. The molecule has 0 radical (unpaired) electrons. The van der Waals surface area contributed by atoms with Crippen LogP contribution in [0.2, 0.25) is 0 Å². The zero-order valence-electron chi connectivity index (χ0n) is 8.82. The second-order valence-corrected chi connectivity index (χ2v) is 3.94. The first-order chi connectivity index (χ1) is 7.63. The summed E-state index contributed by atoms with van der Waals surface area (Å²) < 4.78 is 0. The predicted octanol–water partition coefficient (Wildman–Crippen LogP) is -0.111. The van der Waals surface area contributed by atoms with Crippen molar-refractivity contribution in [2.24, 2.45) is 0 Å². The standard InChI is InChI=1S/C9H13N3O3S/c1-6-5-16-9(11-6)12-8(15)7(14)10-3-2-4-13/h5,13H,2-4H2,1H3,(H,10,14)(H,11,12,15). The molecule has 0 aliphatic rings. The van der Waals surface area contributed by atoms with Crippen molar-refractivity contribution in [3.05, 3.63) is 11.1 Å². The number of hydrogen-bond acceptors (Lipinski definition) is 5. The Hall–Kier alpha value is -1.47. The minimum Gasteiger partial charge on any atom is -0.396 e. The van der Waals surface area contributed by atoms with Crippen molar-refractivity contribution in [1.29, 1.82) is 0 Å². The molecule has 0 bridgehead atoms. The predicted molar refractivity (Wildman–Crippen MR) is 60.2 cm³/mol. The Bertz CT molecular complexity index is 378. The highest BCUT2D eigenvalue weighted by atomic mass is 32.1. The molecule has 0 saturated carbocycles. The third-order valence-electron chi connectivity index (χ3n) is 1.67. The van der Waals surface area contributed by atoms with Crippen LogP contribution in [0.4, 0.5) is 5.13 Å². The smallest absolute Gasteiger partial charge is 0.315 e. The van der Waals surface area contributed by atoms with Gasteiger partial charge in [0.1, 0.15) is 0 Å². The summed E-state index contributed by atoms with van der Waals surface area (Å²) in [7, 11) is 0. The van der Waals surface area contributed by atoms with Gasteiger partial charge in [-0.3, -0.25) is 14.9 Å². The molecule has 3 N–H and O–H groups in total. The quantitative estimate of drug-likeness (QED) is 0.508. The van der Waals surface area contributed by atoms with Crippen LogP contribution in [0, 0.1) is 6.92 Å². The van der Waals surface area contributed by atoms with E-state index in [1.54, 1.807) is 12.3 Å². The van der Waals surface area contributed by atoms with Gasteiger partial charge in [-0.15, -0.1) is 11.3 Å². The number of aliphatic hydroxyl groups is 1. The Kier molecular flexibility index (Phi) is 4.87. The number of aryl methyl sites for hydroxylation is 1. The number of aromatic nitrogens is 1. The topological polar surface area (TPSA) is 91.3 Å². The van der Waals surface area contributed by atoms with E-state index in [4.69, 9.17) is 5.11 Å². The molecule has 0 unspecified atom stereocenters. The Morgan fingerprint density at radius 3 is 2.81 bits per heavy atom. The number of anilines is 1. The van der Waals surface area contributed by atoms with E-state index in [9.17, 15) is 9.59 Å². The van der Waals surface area contributed by atoms with Crippen molar-refractivity contribution in [2.45, 2.75) is 13.3 Å². The number of aliphatic hydroxyl groups excluding tert-OH is 1. The second-order valence-electron chi connectivity index (χ2n) is 3.08. The van der Waals surface area contributed by atoms with Crippen molar-refractivity contribution < 1.29 is 14.7 Å². The maximum atomic E-state index is 11.3. The largest absolute Gasteiger partial charge is 0.396 e. The van der Waals surface area contributed by atoms with Crippen LogP contribution < -0.4 is 10.6 Å². The lowest BCUT2D eigenvalue weighted by Gasteiger charge is -2.02. The van der Waals surface area contributed by atoms with Gasteiger partial charge in [0, 0.05) is 18.5 Å². The molecule has 1 aromatic rings. The number of carbonyl (C=O) groups excluding carboxylic acids is 2. The molecule has 6 nitrogen and oxygen atoms in total. The number of amides is 2. The molecular formula is C9H13N3O3S. The minimum atomic E-state index is -0.743. The highest BCUT2D eigenvalue weighted by Crippen LogP contribution is 2.13. The normalized spacial score (nSPS) is 9.88. The molecule has 0 aromatic carbocycles. The fourth-order valence-electron chi connectivity index (χ4n) is 0.927. The Morgan fingerprint density at radius 1 is 1.50 bits per heavy atom. The van der Waals surface area contributed by atoms with Crippen LogP contribution in [0.15, 0.2) is 5.38 Å². The van der Waals surface area contributed by atoms with Crippen molar-refractivity contribution in [2.75, 3.05) is 18.5 Å². The summed E-state index contributed by atoms with van der Waals surface area (Å²) >= 11 is 1.26. The second kappa shape index (κ2) is 6.19. The van der Waals surface area contributed by atoms with Gasteiger partial charge in [-0.05, 0) is 13.3 Å². The third kappa shape index (κ3) is 3.95. The van der Waals surface area contributed by atoms with Gasteiger partial charge in [-0.1, -0.05) is 0 Å². The SMILES string of the molecule is Cc1csc(NC(=O)C(=O)NCCCO)n1. The molecule has 1 aromatic heterocycles. The fourth-order valence-corrected chi connectivity index (χ4v) is 1.61. The molecule has 16 heavy (non-hydrogen) atoms. The van der Waals surface area contributed by atoms with Gasteiger partial charge in [-0.2, -0.15) is 0 Å². The number of nitrogens with zero attached hydrogens (tertiary/aromatic N) is 1. The molecule has 0 spiro atoms. The summed E-state index contributed by atoms with van der Waals surface area (Å²) in [5, 5.41) is 15.4. The summed E-state index contributed by atoms with van der Waals surface area (Å²) in [5.74, 6) is -1.46. The molecule has 7 heteroatoms. The highest BCUT2D eigenvalue weighted by molar-refractivity contribution is 7.14. The van der Waals surface area contributed by atoms with Crippen molar-refractivity contribution in [1.82, 2.24) is 10.3 Å². The maximum Gasteiger partial charge on any atom is 0.315 e. The molecule has 1 heterocycles. The lowest BCUT2D eigenvalue weighted by Crippen LogP contribution is -2.36. The number of rotatable bonds is 4. The van der Waals surface area contributed by atoms with E-state index in [0.29, 0.717) is 11.6 Å². The van der Waals surface area contributed by atoms with Crippen molar-refractivity contribution in [3.8, 4) is 0 Å². The Morgan fingerprint density at radius 2 is 2.25 bits per heavy atom. The molecular weight excluding hydrogens is 230 g/mol.